The quantitative estimate of drug-likeness (QED) is 0.874. The van der Waals surface area contributed by atoms with Gasteiger partial charge in [0.05, 0.1) is 10.7 Å². The number of aromatic nitrogens is 2. The number of aryl methyl sites for hydroxylation is 2. The van der Waals surface area contributed by atoms with Gasteiger partial charge in [-0.15, -0.1) is 0 Å². The molecule has 1 atom stereocenters. The molecule has 1 aliphatic rings. The molecule has 3 rings (SSSR count). The van der Waals surface area contributed by atoms with Gasteiger partial charge in [-0.3, -0.25) is 4.68 Å². The Morgan fingerprint density at radius 2 is 2.12 bits per heavy atom. The lowest BCUT2D eigenvalue weighted by Crippen LogP contribution is -2.23. The Hall–Kier alpha value is -1.72. The molecule has 0 saturated carbocycles. The average Bonchev–Trinajstić information content (AvgIpc) is 3.06. The van der Waals surface area contributed by atoms with Crippen molar-refractivity contribution in [1.29, 1.82) is 0 Å². The van der Waals surface area contributed by atoms with Gasteiger partial charge >= 0.3 is 5.97 Å². The smallest absolute Gasteiger partial charge is 0.344 e. The Bertz CT molecular complexity index is 802. The molecule has 7 heteroatoms. The highest BCUT2D eigenvalue weighted by Gasteiger charge is 2.22. The van der Waals surface area contributed by atoms with E-state index in [9.17, 15) is 4.79 Å². The zero-order valence-corrected chi connectivity index (χ0v) is 15.0. The van der Waals surface area contributed by atoms with E-state index < -0.39 is 12.1 Å². The van der Waals surface area contributed by atoms with Crippen LogP contribution in [0.25, 0.3) is 0 Å². The molecule has 1 aliphatic carbocycles. The van der Waals surface area contributed by atoms with Crippen molar-refractivity contribution in [2.24, 2.45) is 7.05 Å². The Kier molecular flexibility index (Phi) is 4.74. The predicted octanol–water partition coefficient (Wildman–Crippen LogP) is 3.66. The standard InChI is InChI=1S/C17H18Cl2N2O3/c1-9(17(22)23)24-16-7-10(12(18)8-13(16)19)6-15-11-4-3-5-14(11)20-21(15)2/h7-9H,3-6H2,1-2H3,(H,22,23)/t9-/m0/s1. The first-order valence-corrected chi connectivity index (χ1v) is 8.53. The summed E-state index contributed by atoms with van der Waals surface area (Å²) >= 11 is 12.5. The molecule has 0 unspecified atom stereocenters. The summed E-state index contributed by atoms with van der Waals surface area (Å²) in [5.41, 5.74) is 4.42. The molecular formula is C17H18Cl2N2O3. The lowest BCUT2D eigenvalue weighted by atomic mass is 10.0. The average molecular weight is 369 g/mol. The summed E-state index contributed by atoms with van der Waals surface area (Å²) in [5, 5.41) is 14.4. The summed E-state index contributed by atoms with van der Waals surface area (Å²) in [6.07, 6.45) is 2.79. The number of carbonyl (C=O) groups is 1. The van der Waals surface area contributed by atoms with E-state index in [-0.39, 0.29) is 0 Å². The molecule has 1 aromatic carbocycles. The van der Waals surface area contributed by atoms with Crippen molar-refractivity contribution >= 4 is 29.2 Å². The number of aliphatic carboxylic acids is 1. The van der Waals surface area contributed by atoms with Crippen LogP contribution < -0.4 is 4.74 Å². The number of fused-ring (bicyclic) bond motifs is 1. The molecule has 1 heterocycles. The first-order valence-electron chi connectivity index (χ1n) is 7.77. The number of carboxylic acids is 1. The summed E-state index contributed by atoms with van der Waals surface area (Å²) in [5.74, 6) is -0.725. The topological polar surface area (TPSA) is 64.4 Å². The number of benzene rings is 1. The van der Waals surface area contributed by atoms with E-state index >= 15 is 0 Å². The van der Waals surface area contributed by atoms with Gasteiger partial charge in [-0.25, -0.2) is 4.79 Å². The normalized spacial score (nSPS) is 14.5. The van der Waals surface area contributed by atoms with Crippen LogP contribution >= 0.6 is 23.2 Å². The number of halogens is 2. The van der Waals surface area contributed by atoms with Crippen molar-refractivity contribution in [2.75, 3.05) is 0 Å². The molecule has 0 spiro atoms. The number of carboxylic acid groups (broad SMARTS) is 1. The summed E-state index contributed by atoms with van der Waals surface area (Å²) in [7, 11) is 1.93. The second kappa shape index (κ2) is 6.65. The lowest BCUT2D eigenvalue weighted by molar-refractivity contribution is -0.144. The molecule has 0 aliphatic heterocycles. The fraction of sp³-hybridized carbons (Fsp3) is 0.412. The minimum Gasteiger partial charge on any atom is -0.479 e. The van der Waals surface area contributed by atoms with Gasteiger partial charge in [0.1, 0.15) is 5.75 Å². The van der Waals surface area contributed by atoms with Crippen LogP contribution in [0.15, 0.2) is 12.1 Å². The van der Waals surface area contributed by atoms with Gasteiger partial charge in [0.2, 0.25) is 0 Å². The number of rotatable bonds is 5. The second-order valence-electron chi connectivity index (χ2n) is 6.00. The third-order valence-electron chi connectivity index (χ3n) is 4.31. The zero-order chi connectivity index (χ0) is 17.4. The van der Waals surface area contributed by atoms with Gasteiger partial charge in [-0.05, 0) is 49.4 Å². The SMILES string of the molecule is C[C@H](Oc1cc(Cc2c3c(nn2C)CCC3)c(Cl)cc1Cl)C(=O)O. The van der Waals surface area contributed by atoms with E-state index in [1.54, 1.807) is 12.1 Å². The Morgan fingerprint density at radius 3 is 2.83 bits per heavy atom. The molecule has 128 valence electrons. The van der Waals surface area contributed by atoms with E-state index in [0.717, 1.165) is 36.2 Å². The highest BCUT2D eigenvalue weighted by atomic mass is 35.5. The van der Waals surface area contributed by atoms with Crippen LogP contribution in [0.4, 0.5) is 0 Å². The number of hydrogen-bond donors (Lipinski definition) is 1. The number of hydrogen-bond acceptors (Lipinski definition) is 3. The second-order valence-corrected chi connectivity index (χ2v) is 6.81. The van der Waals surface area contributed by atoms with E-state index in [0.29, 0.717) is 22.2 Å². The van der Waals surface area contributed by atoms with E-state index in [2.05, 4.69) is 5.10 Å². The summed E-state index contributed by atoms with van der Waals surface area (Å²) in [6.45, 7) is 1.46. The molecule has 5 nitrogen and oxygen atoms in total. The number of ether oxygens (including phenoxy) is 1. The van der Waals surface area contributed by atoms with Crippen molar-refractivity contribution < 1.29 is 14.6 Å². The molecule has 2 aromatic rings. The number of nitrogens with zero attached hydrogens (tertiary/aromatic N) is 2. The van der Waals surface area contributed by atoms with Gasteiger partial charge < -0.3 is 9.84 Å². The first kappa shape index (κ1) is 17.1. The van der Waals surface area contributed by atoms with Crippen molar-refractivity contribution in [3.63, 3.8) is 0 Å². The van der Waals surface area contributed by atoms with E-state index in [1.807, 2.05) is 11.7 Å². The van der Waals surface area contributed by atoms with Crippen LogP contribution in [0, 0.1) is 0 Å². The zero-order valence-electron chi connectivity index (χ0n) is 13.5. The van der Waals surface area contributed by atoms with E-state index in [4.69, 9.17) is 33.0 Å². The maximum Gasteiger partial charge on any atom is 0.344 e. The molecule has 0 bridgehead atoms. The molecule has 1 N–H and O–H groups in total. The molecule has 0 fully saturated rings. The molecule has 0 saturated heterocycles. The monoisotopic (exact) mass is 368 g/mol. The van der Waals surface area contributed by atoms with Gasteiger partial charge in [-0.1, -0.05) is 23.2 Å². The first-order chi connectivity index (χ1) is 11.4. The Labute approximate surface area is 150 Å². The fourth-order valence-corrected chi connectivity index (χ4v) is 3.52. The maximum atomic E-state index is 11.0. The minimum atomic E-state index is -1.05. The van der Waals surface area contributed by atoms with Crippen molar-refractivity contribution in [3.8, 4) is 5.75 Å². The predicted molar refractivity (Wildman–Crippen MR) is 92.2 cm³/mol. The van der Waals surface area contributed by atoms with Crippen LogP contribution in [-0.4, -0.2) is 27.0 Å². The molecule has 24 heavy (non-hydrogen) atoms. The third-order valence-corrected chi connectivity index (χ3v) is 4.96. The van der Waals surface area contributed by atoms with Crippen molar-refractivity contribution in [3.05, 3.63) is 44.7 Å². The van der Waals surface area contributed by atoms with Crippen LogP contribution in [0.2, 0.25) is 10.0 Å². The van der Waals surface area contributed by atoms with Crippen LogP contribution in [0.3, 0.4) is 0 Å². The summed E-state index contributed by atoms with van der Waals surface area (Å²) < 4.78 is 7.33. The highest BCUT2D eigenvalue weighted by Crippen LogP contribution is 2.34. The highest BCUT2D eigenvalue weighted by molar-refractivity contribution is 6.36. The van der Waals surface area contributed by atoms with Crippen molar-refractivity contribution in [1.82, 2.24) is 9.78 Å². The van der Waals surface area contributed by atoms with Crippen molar-refractivity contribution in [2.45, 2.75) is 38.7 Å². The Morgan fingerprint density at radius 1 is 1.38 bits per heavy atom. The Balaban J connectivity index is 1.92. The molecule has 0 radical (unpaired) electrons. The summed E-state index contributed by atoms with van der Waals surface area (Å²) in [6, 6.07) is 3.32. The fourth-order valence-electron chi connectivity index (χ4n) is 3.03. The van der Waals surface area contributed by atoms with Crippen LogP contribution in [0.1, 0.15) is 35.9 Å². The maximum absolute atomic E-state index is 11.0. The van der Waals surface area contributed by atoms with Crippen LogP contribution in [0.5, 0.6) is 5.75 Å². The van der Waals surface area contributed by atoms with Gasteiger partial charge in [0.15, 0.2) is 6.10 Å². The van der Waals surface area contributed by atoms with E-state index in [1.165, 1.54) is 12.5 Å². The molecular weight excluding hydrogens is 351 g/mol. The minimum absolute atomic E-state index is 0.298. The molecule has 0 amide bonds. The van der Waals surface area contributed by atoms with Crippen LogP contribution in [-0.2, 0) is 31.1 Å². The van der Waals surface area contributed by atoms with Gasteiger partial charge in [0, 0.05) is 24.2 Å². The molecule has 1 aromatic heterocycles. The lowest BCUT2D eigenvalue weighted by Gasteiger charge is -2.15. The largest absolute Gasteiger partial charge is 0.479 e. The third kappa shape index (κ3) is 3.23. The van der Waals surface area contributed by atoms with Gasteiger partial charge in [0.25, 0.3) is 0 Å². The summed E-state index contributed by atoms with van der Waals surface area (Å²) in [4.78, 5) is 11.0. The van der Waals surface area contributed by atoms with Gasteiger partial charge in [-0.2, -0.15) is 5.10 Å².